The van der Waals surface area contributed by atoms with Gasteiger partial charge in [0.05, 0.1) is 0 Å². The first kappa shape index (κ1) is 10.1. The number of nitrogens with zero attached hydrogens (tertiary/aromatic N) is 2. The van der Waals surface area contributed by atoms with Crippen molar-refractivity contribution in [3.63, 3.8) is 0 Å². The largest absolute Gasteiger partial charge is 0.307 e. The summed E-state index contributed by atoms with van der Waals surface area (Å²) in [6.07, 6.45) is 0.956. The van der Waals surface area contributed by atoms with Gasteiger partial charge in [0.15, 0.2) is 0 Å². The van der Waals surface area contributed by atoms with Crippen molar-refractivity contribution in [3.05, 3.63) is 35.6 Å². The third kappa shape index (κ3) is 2.53. The molecule has 1 N–H and O–H groups in total. The molecule has 80 valence electrons. The molecule has 1 aliphatic rings. The highest BCUT2D eigenvalue weighted by molar-refractivity contribution is 5.83. The minimum absolute atomic E-state index is 0.191. The summed E-state index contributed by atoms with van der Waals surface area (Å²) >= 11 is 0. The molecule has 0 bridgehead atoms. The summed E-state index contributed by atoms with van der Waals surface area (Å²) < 4.78 is 12.7. The zero-order valence-electron chi connectivity index (χ0n) is 8.70. The molecular formula is C11H14FN3. The topological polar surface area (TPSA) is 27.6 Å². The van der Waals surface area contributed by atoms with Crippen LogP contribution in [0.25, 0.3) is 0 Å². The summed E-state index contributed by atoms with van der Waals surface area (Å²) in [7, 11) is 1.78. The second-order valence-electron chi connectivity index (χ2n) is 3.58. The monoisotopic (exact) mass is 207 g/mol. The lowest BCUT2D eigenvalue weighted by Gasteiger charge is -2.15. The van der Waals surface area contributed by atoms with Crippen LogP contribution in [-0.2, 0) is 6.54 Å². The summed E-state index contributed by atoms with van der Waals surface area (Å²) in [6, 6.07) is 6.58. The molecule has 0 amide bonds. The molecule has 0 unspecified atom stereocenters. The van der Waals surface area contributed by atoms with Crippen LogP contribution in [0.2, 0.25) is 0 Å². The Kier molecular flexibility index (Phi) is 2.97. The molecule has 0 aliphatic carbocycles. The van der Waals surface area contributed by atoms with Gasteiger partial charge in [-0.2, -0.15) is 0 Å². The molecule has 1 heterocycles. The van der Waals surface area contributed by atoms with Gasteiger partial charge in [0.1, 0.15) is 11.7 Å². The van der Waals surface area contributed by atoms with Crippen molar-refractivity contribution < 1.29 is 4.39 Å². The Balaban J connectivity index is 1.95. The van der Waals surface area contributed by atoms with Gasteiger partial charge in [-0.25, -0.2) is 9.40 Å². The molecule has 3 nitrogen and oxygen atoms in total. The first-order chi connectivity index (χ1) is 7.28. The zero-order valence-corrected chi connectivity index (χ0v) is 8.70. The van der Waals surface area contributed by atoms with E-state index in [1.165, 1.54) is 12.1 Å². The van der Waals surface area contributed by atoms with Crippen molar-refractivity contribution in [1.82, 2.24) is 10.4 Å². The van der Waals surface area contributed by atoms with E-state index in [1.54, 1.807) is 19.2 Å². The molecule has 1 saturated heterocycles. The van der Waals surface area contributed by atoms with Crippen LogP contribution in [0.1, 0.15) is 12.0 Å². The second kappa shape index (κ2) is 4.40. The van der Waals surface area contributed by atoms with Crippen LogP contribution in [-0.4, -0.2) is 24.4 Å². The molecule has 1 aromatic carbocycles. The minimum atomic E-state index is -0.191. The van der Waals surface area contributed by atoms with Crippen molar-refractivity contribution in [3.8, 4) is 0 Å². The Morgan fingerprint density at radius 3 is 2.73 bits per heavy atom. The smallest absolute Gasteiger partial charge is 0.123 e. The van der Waals surface area contributed by atoms with Crippen LogP contribution in [0.15, 0.2) is 29.3 Å². The van der Waals surface area contributed by atoms with Crippen LogP contribution < -0.4 is 5.43 Å². The van der Waals surface area contributed by atoms with Crippen LogP contribution in [0.4, 0.5) is 4.39 Å². The summed E-state index contributed by atoms with van der Waals surface area (Å²) in [5, 5.41) is 2.08. The van der Waals surface area contributed by atoms with Gasteiger partial charge < -0.3 is 5.43 Å². The normalized spacial score (nSPS) is 19.5. The number of hydrazine groups is 1. The summed E-state index contributed by atoms with van der Waals surface area (Å²) in [6.45, 7) is 1.73. The zero-order chi connectivity index (χ0) is 10.7. The van der Waals surface area contributed by atoms with E-state index in [1.807, 2.05) is 0 Å². The molecule has 1 aromatic rings. The van der Waals surface area contributed by atoms with Gasteiger partial charge in [-0.15, -0.1) is 0 Å². The van der Waals surface area contributed by atoms with Crippen LogP contribution in [0, 0.1) is 5.82 Å². The van der Waals surface area contributed by atoms with E-state index in [9.17, 15) is 4.39 Å². The first-order valence-corrected chi connectivity index (χ1v) is 4.99. The number of rotatable bonds is 2. The van der Waals surface area contributed by atoms with Crippen LogP contribution in [0.5, 0.6) is 0 Å². The van der Waals surface area contributed by atoms with Gasteiger partial charge in [0.2, 0.25) is 0 Å². The van der Waals surface area contributed by atoms with Crippen molar-refractivity contribution in [2.45, 2.75) is 13.0 Å². The quantitative estimate of drug-likeness (QED) is 0.797. The Bertz CT molecular complexity index is 359. The third-order valence-electron chi connectivity index (χ3n) is 2.46. The number of hydrogen-bond donors (Lipinski definition) is 1. The maximum absolute atomic E-state index is 12.7. The summed E-state index contributed by atoms with van der Waals surface area (Å²) in [5.41, 5.74) is 4.29. The highest BCUT2D eigenvalue weighted by Crippen LogP contribution is 2.08. The van der Waals surface area contributed by atoms with E-state index in [0.717, 1.165) is 30.9 Å². The number of aliphatic imine (C=N–C) groups is 1. The van der Waals surface area contributed by atoms with Gasteiger partial charge in [-0.05, 0) is 17.7 Å². The van der Waals surface area contributed by atoms with Gasteiger partial charge in [-0.3, -0.25) is 4.99 Å². The van der Waals surface area contributed by atoms with Crippen molar-refractivity contribution in [2.75, 3.05) is 13.6 Å². The molecule has 15 heavy (non-hydrogen) atoms. The number of hydrogen-bond acceptors (Lipinski definition) is 2. The number of amidine groups is 1. The minimum Gasteiger partial charge on any atom is -0.307 e. The fraction of sp³-hybridized carbons (Fsp3) is 0.364. The molecule has 1 aliphatic heterocycles. The lowest BCUT2D eigenvalue weighted by molar-refractivity contribution is 0.264. The summed E-state index contributed by atoms with van der Waals surface area (Å²) in [4.78, 5) is 4.10. The fourth-order valence-corrected chi connectivity index (χ4v) is 1.63. The number of benzene rings is 1. The standard InChI is InChI=1S/C11H14FN3/c1-13-11-6-7-15(14-11)8-9-2-4-10(12)5-3-9/h2-5H,6-8H2,1H3,(H,13,14). The van der Waals surface area contributed by atoms with Gasteiger partial charge >= 0.3 is 0 Å². The Morgan fingerprint density at radius 1 is 1.40 bits per heavy atom. The lowest BCUT2D eigenvalue weighted by Crippen LogP contribution is -2.32. The van der Waals surface area contributed by atoms with Crippen molar-refractivity contribution in [1.29, 1.82) is 0 Å². The molecular weight excluding hydrogens is 193 g/mol. The lowest BCUT2D eigenvalue weighted by atomic mass is 10.2. The first-order valence-electron chi connectivity index (χ1n) is 4.99. The maximum atomic E-state index is 12.7. The third-order valence-corrected chi connectivity index (χ3v) is 2.46. The van der Waals surface area contributed by atoms with Gasteiger partial charge in [-0.1, -0.05) is 12.1 Å². The molecule has 0 saturated carbocycles. The van der Waals surface area contributed by atoms with Gasteiger partial charge in [0, 0.05) is 26.6 Å². The average molecular weight is 207 g/mol. The van der Waals surface area contributed by atoms with Crippen molar-refractivity contribution >= 4 is 5.84 Å². The molecule has 0 atom stereocenters. The Hall–Kier alpha value is -1.42. The molecule has 2 rings (SSSR count). The van der Waals surface area contributed by atoms with E-state index < -0.39 is 0 Å². The predicted molar refractivity (Wildman–Crippen MR) is 57.9 cm³/mol. The van der Waals surface area contributed by atoms with Crippen molar-refractivity contribution in [2.24, 2.45) is 4.99 Å². The number of nitrogens with one attached hydrogen (secondary N) is 1. The highest BCUT2D eigenvalue weighted by atomic mass is 19.1. The van der Waals surface area contributed by atoms with E-state index >= 15 is 0 Å². The van der Waals surface area contributed by atoms with E-state index in [4.69, 9.17) is 0 Å². The van der Waals surface area contributed by atoms with Crippen LogP contribution >= 0.6 is 0 Å². The Labute approximate surface area is 88.6 Å². The van der Waals surface area contributed by atoms with E-state index in [0.29, 0.717) is 0 Å². The molecule has 1 fully saturated rings. The van der Waals surface area contributed by atoms with Gasteiger partial charge in [0.25, 0.3) is 0 Å². The Morgan fingerprint density at radius 2 is 2.13 bits per heavy atom. The predicted octanol–water partition coefficient (Wildman–Crippen LogP) is 1.56. The molecule has 0 spiro atoms. The molecule has 0 aromatic heterocycles. The SMILES string of the molecule is CN=C1CCN(Cc2ccc(F)cc2)N1. The summed E-state index contributed by atoms with van der Waals surface area (Å²) in [5.74, 6) is 0.820. The maximum Gasteiger partial charge on any atom is 0.123 e. The second-order valence-corrected chi connectivity index (χ2v) is 3.58. The van der Waals surface area contributed by atoms with E-state index in [2.05, 4.69) is 15.4 Å². The van der Waals surface area contributed by atoms with Crippen LogP contribution in [0.3, 0.4) is 0 Å². The average Bonchev–Trinajstić information content (AvgIpc) is 2.69. The van der Waals surface area contributed by atoms with E-state index in [-0.39, 0.29) is 5.82 Å². The molecule has 0 radical (unpaired) electrons. The number of halogens is 1. The fourth-order valence-electron chi connectivity index (χ4n) is 1.63. The highest BCUT2D eigenvalue weighted by Gasteiger charge is 2.15. The molecule has 4 heteroatoms.